The van der Waals surface area contributed by atoms with Gasteiger partial charge in [0.25, 0.3) is 0 Å². The Morgan fingerprint density at radius 1 is 1.38 bits per heavy atom. The van der Waals surface area contributed by atoms with E-state index in [4.69, 9.17) is 0 Å². The molecule has 0 saturated heterocycles. The minimum absolute atomic E-state index is 0.0766. The van der Waals surface area contributed by atoms with Crippen molar-refractivity contribution in [2.75, 3.05) is 18.9 Å². The van der Waals surface area contributed by atoms with Crippen molar-refractivity contribution in [3.05, 3.63) is 21.6 Å². The van der Waals surface area contributed by atoms with Gasteiger partial charge in [-0.25, -0.2) is 4.98 Å². The van der Waals surface area contributed by atoms with Gasteiger partial charge in [-0.2, -0.15) is 0 Å². The van der Waals surface area contributed by atoms with Crippen LogP contribution in [0.4, 0.5) is 5.13 Å². The van der Waals surface area contributed by atoms with Gasteiger partial charge in [-0.05, 0) is 13.5 Å². The molecule has 0 fully saturated rings. The molecule has 0 aliphatic rings. The molecule has 2 rings (SSSR count). The van der Waals surface area contributed by atoms with E-state index in [1.54, 1.807) is 17.5 Å². The summed E-state index contributed by atoms with van der Waals surface area (Å²) >= 11 is 3.04. The van der Waals surface area contributed by atoms with Crippen LogP contribution in [0.15, 0.2) is 11.6 Å². The van der Waals surface area contributed by atoms with Crippen LogP contribution < -0.4 is 5.32 Å². The first-order valence-electron chi connectivity index (χ1n) is 6.86. The lowest BCUT2D eigenvalue weighted by Crippen LogP contribution is -2.29. The van der Waals surface area contributed by atoms with Crippen LogP contribution in [0.2, 0.25) is 0 Å². The number of likely N-dealkylation sites (N-methyl/N-ethyl adjacent to an activating group) is 1. The molecule has 0 unspecified atom stereocenters. The number of hydrogen-bond acceptors (Lipinski definition) is 7. The maximum atomic E-state index is 11.9. The van der Waals surface area contributed by atoms with Gasteiger partial charge in [0.2, 0.25) is 11.0 Å². The third kappa shape index (κ3) is 5.49. The molecule has 2 aromatic heterocycles. The second-order valence-corrected chi connectivity index (χ2v) is 6.79. The van der Waals surface area contributed by atoms with Gasteiger partial charge in [0.15, 0.2) is 0 Å². The Morgan fingerprint density at radius 3 is 2.95 bits per heavy atom. The number of nitrogens with one attached hydrogen (secondary N) is 1. The summed E-state index contributed by atoms with van der Waals surface area (Å²) in [5, 5.41) is 15.4. The van der Waals surface area contributed by atoms with Crippen LogP contribution in [0, 0.1) is 0 Å². The molecule has 0 spiro atoms. The third-order valence-electron chi connectivity index (χ3n) is 2.76. The minimum Gasteiger partial charge on any atom is -0.299 e. The van der Waals surface area contributed by atoms with Gasteiger partial charge in [0.05, 0.1) is 13.1 Å². The number of unbranched alkanes of at least 4 members (excludes halogenated alkanes) is 1. The zero-order chi connectivity index (χ0) is 15.1. The fourth-order valence-corrected chi connectivity index (χ4v) is 3.25. The monoisotopic (exact) mass is 325 g/mol. The van der Waals surface area contributed by atoms with Crippen molar-refractivity contribution >= 4 is 33.7 Å². The van der Waals surface area contributed by atoms with E-state index in [0.717, 1.165) is 29.3 Å². The Morgan fingerprint density at radius 2 is 2.24 bits per heavy atom. The standard InChI is InChI=1S/C13H19N5OS2/c1-3-4-5-11-16-17-13(21-11)15-10(19)8-18(2)9-12-14-6-7-20-12/h6-7H,3-5,8-9H2,1-2H3,(H,15,17,19). The fourth-order valence-electron chi connectivity index (χ4n) is 1.75. The lowest BCUT2D eigenvalue weighted by molar-refractivity contribution is -0.117. The van der Waals surface area contributed by atoms with Gasteiger partial charge >= 0.3 is 0 Å². The molecule has 2 heterocycles. The lowest BCUT2D eigenvalue weighted by Gasteiger charge is -2.13. The first-order valence-corrected chi connectivity index (χ1v) is 8.56. The number of amides is 1. The lowest BCUT2D eigenvalue weighted by atomic mass is 10.3. The highest BCUT2D eigenvalue weighted by Gasteiger charge is 2.11. The number of thiazole rings is 1. The molecule has 8 heteroatoms. The van der Waals surface area contributed by atoms with Gasteiger partial charge in [-0.1, -0.05) is 24.7 Å². The summed E-state index contributed by atoms with van der Waals surface area (Å²) in [6.07, 6.45) is 4.92. The maximum Gasteiger partial charge on any atom is 0.240 e. The van der Waals surface area contributed by atoms with Crippen LogP contribution in [0.3, 0.4) is 0 Å². The van der Waals surface area contributed by atoms with Crippen molar-refractivity contribution in [1.82, 2.24) is 20.1 Å². The first-order chi connectivity index (χ1) is 10.2. The summed E-state index contributed by atoms with van der Waals surface area (Å²) in [4.78, 5) is 18.1. The van der Waals surface area contributed by atoms with Crippen LogP contribution in [0.5, 0.6) is 0 Å². The van der Waals surface area contributed by atoms with Crippen molar-refractivity contribution < 1.29 is 4.79 Å². The second-order valence-electron chi connectivity index (χ2n) is 4.75. The van der Waals surface area contributed by atoms with Crippen molar-refractivity contribution in [2.24, 2.45) is 0 Å². The molecule has 0 bridgehead atoms. The number of rotatable bonds is 8. The number of nitrogens with zero attached hydrogens (tertiary/aromatic N) is 4. The molecule has 0 aromatic carbocycles. The molecule has 2 aromatic rings. The van der Waals surface area contributed by atoms with Crippen molar-refractivity contribution in [2.45, 2.75) is 32.7 Å². The zero-order valence-corrected chi connectivity index (χ0v) is 13.8. The topological polar surface area (TPSA) is 71.0 Å². The number of aryl methyl sites for hydroxylation is 1. The number of aromatic nitrogens is 3. The molecular weight excluding hydrogens is 306 g/mol. The summed E-state index contributed by atoms with van der Waals surface area (Å²) in [5.41, 5.74) is 0. The highest BCUT2D eigenvalue weighted by molar-refractivity contribution is 7.15. The molecular formula is C13H19N5OS2. The smallest absolute Gasteiger partial charge is 0.240 e. The quantitative estimate of drug-likeness (QED) is 0.807. The molecule has 1 amide bonds. The van der Waals surface area contributed by atoms with Crippen LogP contribution in [0.1, 0.15) is 29.8 Å². The van der Waals surface area contributed by atoms with E-state index in [9.17, 15) is 4.79 Å². The van der Waals surface area contributed by atoms with Crippen LogP contribution in [0.25, 0.3) is 0 Å². The van der Waals surface area contributed by atoms with E-state index in [2.05, 4.69) is 27.4 Å². The molecule has 0 atom stereocenters. The molecule has 0 aliphatic heterocycles. The number of carbonyl (C=O) groups excluding carboxylic acids is 1. The summed E-state index contributed by atoms with van der Waals surface area (Å²) in [7, 11) is 1.90. The third-order valence-corrected chi connectivity index (χ3v) is 4.42. The van der Waals surface area contributed by atoms with Gasteiger partial charge in [0.1, 0.15) is 10.0 Å². The molecule has 0 saturated carbocycles. The Kier molecular flexibility index (Phi) is 6.21. The Hall–Kier alpha value is -1.38. The molecule has 0 radical (unpaired) electrons. The molecule has 1 N–H and O–H groups in total. The first kappa shape index (κ1) is 16.0. The number of carbonyl (C=O) groups is 1. The van der Waals surface area contributed by atoms with E-state index >= 15 is 0 Å². The summed E-state index contributed by atoms with van der Waals surface area (Å²) in [6.45, 7) is 3.12. The number of hydrogen-bond donors (Lipinski definition) is 1. The van der Waals surface area contributed by atoms with Crippen molar-refractivity contribution in [3.63, 3.8) is 0 Å². The van der Waals surface area contributed by atoms with Crippen molar-refractivity contribution in [1.29, 1.82) is 0 Å². The predicted octanol–water partition coefficient (Wildman–Crippen LogP) is 2.41. The van der Waals surface area contributed by atoms with Gasteiger partial charge in [0, 0.05) is 18.0 Å². The summed E-state index contributed by atoms with van der Waals surface area (Å²) < 4.78 is 0. The SMILES string of the molecule is CCCCc1nnc(NC(=O)CN(C)Cc2nccs2)s1. The minimum atomic E-state index is -0.0766. The molecule has 21 heavy (non-hydrogen) atoms. The predicted molar refractivity (Wildman–Crippen MR) is 85.6 cm³/mol. The summed E-state index contributed by atoms with van der Waals surface area (Å²) in [5.74, 6) is -0.0766. The second kappa shape index (κ2) is 8.16. The largest absolute Gasteiger partial charge is 0.299 e. The van der Waals surface area contributed by atoms with E-state index < -0.39 is 0 Å². The van der Waals surface area contributed by atoms with E-state index in [-0.39, 0.29) is 5.91 Å². The van der Waals surface area contributed by atoms with E-state index in [0.29, 0.717) is 18.2 Å². The fraction of sp³-hybridized carbons (Fsp3) is 0.538. The van der Waals surface area contributed by atoms with Crippen molar-refractivity contribution in [3.8, 4) is 0 Å². The highest BCUT2D eigenvalue weighted by atomic mass is 32.1. The van der Waals surface area contributed by atoms with Gasteiger partial charge < -0.3 is 0 Å². The Balaban J connectivity index is 1.77. The van der Waals surface area contributed by atoms with E-state index in [1.807, 2.05) is 17.3 Å². The number of anilines is 1. The molecule has 0 aliphatic carbocycles. The van der Waals surface area contributed by atoms with Gasteiger partial charge in [-0.3, -0.25) is 15.0 Å². The summed E-state index contributed by atoms with van der Waals surface area (Å²) in [6, 6.07) is 0. The Labute approximate surface area is 132 Å². The zero-order valence-electron chi connectivity index (χ0n) is 12.2. The van der Waals surface area contributed by atoms with Gasteiger partial charge in [-0.15, -0.1) is 21.5 Å². The van der Waals surface area contributed by atoms with Crippen LogP contribution in [-0.2, 0) is 17.8 Å². The normalized spacial score (nSPS) is 11.0. The van der Waals surface area contributed by atoms with Crippen LogP contribution in [-0.4, -0.2) is 39.6 Å². The molecule has 114 valence electrons. The average molecular weight is 325 g/mol. The molecule has 6 nitrogen and oxygen atoms in total. The van der Waals surface area contributed by atoms with E-state index in [1.165, 1.54) is 11.3 Å². The highest BCUT2D eigenvalue weighted by Crippen LogP contribution is 2.17. The van der Waals surface area contributed by atoms with Crippen LogP contribution >= 0.6 is 22.7 Å². The average Bonchev–Trinajstić information content (AvgIpc) is 3.08. The Bertz CT molecular complexity index is 555. The maximum absolute atomic E-state index is 11.9.